The second kappa shape index (κ2) is 7.28. The summed E-state index contributed by atoms with van der Waals surface area (Å²) in [7, 11) is 1.64. The molecule has 0 radical (unpaired) electrons. The monoisotopic (exact) mass is 320 g/mol. The van der Waals surface area contributed by atoms with Crippen molar-refractivity contribution >= 4 is 17.9 Å². The zero-order valence-electron chi connectivity index (χ0n) is 13.7. The second-order valence-electron chi connectivity index (χ2n) is 5.84. The Morgan fingerprint density at radius 3 is 1.88 bits per heavy atom. The molecule has 1 aliphatic carbocycles. The number of rotatable bonds is 4. The normalized spacial score (nSPS) is 17.7. The summed E-state index contributed by atoms with van der Waals surface area (Å²) in [5.74, 6) is 0.930. The van der Waals surface area contributed by atoms with Crippen LogP contribution >= 0.6 is 0 Å². The van der Waals surface area contributed by atoms with Crippen LogP contribution in [-0.2, 0) is 11.4 Å². The van der Waals surface area contributed by atoms with Crippen molar-refractivity contribution in [1.29, 1.82) is 0 Å². The lowest BCUT2D eigenvalue weighted by Crippen LogP contribution is -1.95. The lowest BCUT2D eigenvalue weighted by molar-refractivity contribution is -0.111. The van der Waals surface area contributed by atoms with Crippen molar-refractivity contribution in [2.24, 2.45) is 0 Å². The van der Waals surface area contributed by atoms with Gasteiger partial charge in [-0.15, -0.1) is 0 Å². The van der Waals surface area contributed by atoms with E-state index < -0.39 is 0 Å². The maximum Gasteiger partial charge on any atom is 0.185 e. The quantitative estimate of drug-likeness (QED) is 0.866. The highest BCUT2D eigenvalue weighted by molar-refractivity contribution is 6.15. The third-order valence-corrected chi connectivity index (χ3v) is 4.21. The first-order valence-electron chi connectivity index (χ1n) is 7.99. The fourth-order valence-electron chi connectivity index (χ4n) is 2.80. The van der Waals surface area contributed by atoms with Gasteiger partial charge in [0.2, 0.25) is 0 Å². The molecule has 0 bridgehead atoms. The van der Waals surface area contributed by atoms with Crippen LogP contribution in [0.1, 0.15) is 29.5 Å². The van der Waals surface area contributed by atoms with Crippen LogP contribution in [0, 0.1) is 0 Å². The minimum atomic E-state index is 0.0323. The highest BCUT2D eigenvalue weighted by Gasteiger charge is 2.22. The first kappa shape index (κ1) is 16.2. The van der Waals surface area contributed by atoms with E-state index in [4.69, 9.17) is 9.84 Å². The van der Waals surface area contributed by atoms with Gasteiger partial charge in [0.05, 0.1) is 13.7 Å². The molecule has 1 N–H and O–H groups in total. The van der Waals surface area contributed by atoms with Crippen LogP contribution in [0.4, 0.5) is 0 Å². The maximum atomic E-state index is 12.6. The van der Waals surface area contributed by atoms with Gasteiger partial charge in [-0.05, 0) is 53.8 Å². The molecule has 1 saturated carbocycles. The Morgan fingerprint density at radius 1 is 0.917 bits per heavy atom. The third-order valence-electron chi connectivity index (χ3n) is 4.21. The summed E-state index contributed by atoms with van der Waals surface area (Å²) < 4.78 is 5.15. The van der Waals surface area contributed by atoms with E-state index >= 15 is 0 Å². The van der Waals surface area contributed by atoms with Crippen LogP contribution in [0.15, 0.2) is 59.7 Å². The number of ketones is 1. The number of methoxy groups -OCH3 is 1. The molecule has 0 aliphatic heterocycles. The first-order valence-corrected chi connectivity index (χ1v) is 7.99. The molecule has 3 nitrogen and oxygen atoms in total. The lowest BCUT2D eigenvalue weighted by Gasteiger charge is -2.01. The molecule has 24 heavy (non-hydrogen) atoms. The van der Waals surface area contributed by atoms with Gasteiger partial charge in [0, 0.05) is 11.1 Å². The molecular weight excluding hydrogens is 300 g/mol. The van der Waals surface area contributed by atoms with Gasteiger partial charge in [0.1, 0.15) is 5.75 Å². The van der Waals surface area contributed by atoms with E-state index in [-0.39, 0.29) is 12.4 Å². The lowest BCUT2D eigenvalue weighted by atomic mass is 10.1. The molecule has 0 amide bonds. The fourth-order valence-corrected chi connectivity index (χ4v) is 2.80. The maximum absolute atomic E-state index is 12.6. The average molecular weight is 320 g/mol. The van der Waals surface area contributed by atoms with Gasteiger partial charge in [0.15, 0.2) is 5.78 Å². The molecule has 2 aromatic carbocycles. The van der Waals surface area contributed by atoms with E-state index in [1.807, 2.05) is 60.7 Å². The van der Waals surface area contributed by atoms with Gasteiger partial charge in [0.25, 0.3) is 0 Å². The van der Waals surface area contributed by atoms with Gasteiger partial charge in [-0.25, -0.2) is 0 Å². The van der Waals surface area contributed by atoms with E-state index in [1.165, 1.54) is 0 Å². The topological polar surface area (TPSA) is 46.5 Å². The molecule has 0 saturated heterocycles. The van der Waals surface area contributed by atoms with Crippen LogP contribution in [0.5, 0.6) is 5.75 Å². The number of aliphatic hydroxyl groups is 1. The molecule has 1 aliphatic rings. The van der Waals surface area contributed by atoms with Crippen LogP contribution in [0.3, 0.4) is 0 Å². The summed E-state index contributed by atoms with van der Waals surface area (Å²) >= 11 is 0. The molecule has 0 unspecified atom stereocenters. The van der Waals surface area contributed by atoms with Crippen molar-refractivity contribution in [2.45, 2.75) is 19.4 Å². The van der Waals surface area contributed by atoms with Crippen LogP contribution in [0.25, 0.3) is 12.2 Å². The minimum Gasteiger partial charge on any atom is -0.497 e. The van der Waals surface area contributed by atoms with Gasteiger partial charge < -0.3 is 9.84 Å². The predicted octanol–water partition coefficient (Wildman–Crippen LogP) is 4.02. The van der Waals surface area contributed by atoms with E-state index in [2.05, 4.69) is 0 Å². The fraction of sp³-hybridized carbons (Fsp3) is 0.190. The molecule has 0 aromatic heterocycles. The summed E-state index contributed by atoms with van der Waals surface area (Å²) in [5, 5.41) is 9.08. The van der Waals surface area contributed by atoms with Gasteiger partial charge in [-0.2, -0.15) is 0 Å². The minimum absolute atomic E-state index is 0.0323. The predicted molar refractivity (Wildman–Crippen MR) is 95.6 cm³/mol. The number of aliphatic hydroxyl groups excluding tert-OH is 1. The second-order valence-corrected chi connectivity index (χ2v) is 5.84. The number of carbonyl (C=O) groups excluding carboxylic acids is 1. The van der Waals surface area contributed by atoms with E-state index in [0.29, 0.717) is 0 Å². The van der Waals surface area contributed by atoms with Gasteiger partial charge >= 0.3 is 0 Å². The third kappa shape index (κ3) is 3.63. The zero-order valence-corrected chi connectivity index (χ0v) is 13.7. The van der Waals surface area contributed by atoms with E-state index in [0.717, 1.165) is 46.4 Å². The molecule has 3 rings (SSSR count). The number of benzene rings is 2. The Bertz CT molecular complexity index is 713. The Hall–Kier alpha value is -2.65. The van der Waals surface area contributed by atoms with Gasteiger partial charge in [-0.3, -0.25) is 4.79 Å². The van der Waals surface area contributed by atoms with Crippen LogP contribution in [0.2, 0.25) is 0 Å². The largest absolute Gasteiger partial charge is 0.497 e. The van der Waals surface area contributed by atoms with Crippen molar-refractivity contribution in [3.8, 4) is 5.75 Å². The Kier molecular flexibility index (Phi) is 4.92. The Labute approximate surface area is 141 Å². The van der Waals surface area contributed by atoms with Crippen molar-refractivity contribution in [2.75, 3.05) is 7.11 Å². The van der Waals surface area contributed by atoms with E-state index in [9.17, 15) is 4.79 Å². The van der Waals surface area contributed by atoms with Crippen molar-refractivity contribution in [1.82, 2.24) is 0 Å². The number of hydrogen-bond donors (Lipinski definition) is 1. The van der Waals surface area contributed by atoms with E-state index in [1.54, 1.807) is 7.11 Å². The van der Waals surface area contributed by atoms with Crippen molar-refractivity contribution in [3.63, 3.8) is 0 Å². The molecule has 122 valence electrons. The molecular formula is C21H20O3. The SMILES string of the molecule is COc1ccc(/C=C2\CC/C(=C\c3ccc(CO)cc3)C2=O)cc1. The van der Waals surface area contributed by atoms with Crippen molar-refractivity contribution < 1.29 is 14.6 Å². The summed E-state index contributed by atoms with van der Waals surface area (Å²) in [6, 6.07) is 15.3. The van der Waals surface area contributed by atoms with Crippen LogP contribution < -0.4 is 4.74 Å². The molecule has 0 atom stereocenters. The summed E-state index contributed by atoms with van der Waals surface area (Å²) in [6.07, 6.45) is 5.43. The number of ether oxygens (including phenoxy) is 1. The average Bonchev–Trinajstić information content (AvgIpc) is 2.96. The molecule has 0 heterocycles. The molecule has 1 fully saturated rings. The summed E-state index contributed by atoms with van der Waals surface area (Å²) in [6.45, 7) is 0.0323. The zero-order chi connectivity index (χ0) is 16.9. The van der Waals surface area contributed by atoms with Gasteiger partial charge in [-0.1, -0.05) is 36.4 Å². The first-order chi connectivity index (χ1) is 11.7. The Balaban J connectivity index is 1.78. The number of Topliss-reactive ketones (excluding diaryl/α,β-unsaturated/α-hetero) is 1. The summed E-state index contributed by atoms with van der Waals surface area (Å²) in [4.78, 5) is 12.6. The molecule has 0 spiro atoms. The number of hydrogen-bond acceptors (Lipinski definition) is 3. The summed E-state index contributed by atoms with van der Waals surface area (Å²) in [5.41, 5.74) is 4.55. The number of allylic oxidation sites excluding steroid dienone is 2. The van der Waals surface area contributed by atoms with Crippen LogP contribution in [-0.4, -0.2) is 18.0 Å². The Morgan fingerprint density at radius 2 is 1.42 bits per heavy atom. The highest BCUT2D eigenvalue weighted by Crippen LogP contribution is 2.29. The number of carbonyl (C=O) groups is 1. The molecule has 3 heteroatoms. The standard InChI is InChI=1S/C21H20O3/c1-24-20-10-6-16(7-11-20)13-19-9-8-18(21(19)23)12-15-2-4-17(14-22)5-3-15/h2-7,10-13,22H,8-9,14H2,1H3/b18-12+,19-13+. The highest BCUT2D eigenvalue weighted by atomic mass is 16.5. The smallest absolute Gasteiger partial charge is 0.185 e. The van der Waals surface area contributed by atoms with Crippen molar-refractivity contribution in [3.05, 3.63) is 76.4 Å². The molecule has 2 aromatic rings.